The van der Waals surface area contributed by atoms with Gasteiger partial charge in [0.15, 0.2) is 0 Å². The van der Waals surface area contributed by atoms with Crippen LogP contribution in [0.15, 0.2) is 24.3 Å². The number of rotatable bonds is 7. The van der Waals surface area contributed by atoms with E-state index in [-0.39, 0.29) is 0 Å². The van der Waals surface area contributed by atoms with Gasteiger partial charge in [-0.15, -0.1) is 0 Å². The molecule has 0 radical (unpaired) electrons. The summed E-state index contributed by atoms with van der Waals surface area (Å²) in [6.45, 7) is 4.17. The number of hydrogen-bond acceptors (Lipinski definition) is 2. The molecule has 0 aliphatic rings. The Morgan fingerprint density at radius 1 is 1.24 bits per heavy atom. The molecule has 0 aliphatic carbocycles. The fourth-order valence-electron chi connectivity index (χ4n) is 1.78. The number of carboxylic acids is 1. The Morgan fingerprint density at radius 2 is 1.88 bits per heavy atom. The number of carboxylic acid groups (broad SMARTS) is 1. The third kappa shape index (κ3) is 5.00. The van der Waals surface area contributed by atoms with Crippen LogP contribution >= 0.6 is 0 Å². The smallest absolute Gasteiger partial charge is 0.335 e. The van der Waals surface area contributed by atoms with Gasteiger partial charge < -0.3 is 10.0 Å². The van der Waals surface area contributed by atoms with Crippen LogP contribution in [0.3, 0.4) is 0 Å². The van der Waals surface area contributed by atoms with Crippen molar-refractivity contribution in [3.8, 4) is 0 Å². The summed E-state index contributed by atoms with van der Waals surface area (Å²) in [6, 6.07) is 7.11. The third-order valence-corrected chi connectivity index (χ3v) is 2.80. The fourth-order valence-corrected chi connectivity index (χ4v) is 1.78. The minimum absolute atomic E-state index is 0.349. The molecule has 1 aromatic carbocycles. The van der Waals surface area contributed by atoms with Gasteiger partial charge in [0.2, 0.25) is 0 Å². The van der Waals surface area contributed by atoms with E-state index in [0.29, 0.717) is 5.56 Å². The van der Waals surface area contributed by atoms with Crippen molar-refractivity contribution < 1.29 is 9.90 Å². The van der Waals surface area contributed by atoms with E-state index in [2.05, 4.69) is 18.9 Å². The van der Waals surface area contributed by atoms with Crippen molar-refractivity contribution in [3.05, 3.63) is 35.4 Å². The molecule has 0 heterocycles. The molecule has 1 N–H and O–H groups in total. The first-order valence-corrected chi connectivity index (χ1v) is 6.14. The van der Waals surface area contributed by atoms with Crippen molar-refractivity contribution in [1.82, 2.24) is 4.90 Å². The summed E-state index contributed by atoms with van der Waals surface area (Å²) in [7, 11) is 2.10. The van der Waals surface area contributed by atoms with Gasteiger partial charge in [-0.05, 0) is 37.7 Å². The van der Waals surface area contributed by atoms with Crippen molar-refractivity contribution >= 4 is 5.97 Å². The lowest BCUT2D eigenvalue weighted by Crippen LogP contribution is -2.19. The molecule has 0 saturated carbocycles. The minimum atomic E-state index is -0.868. The van der Waals surface area contributed by atoms with Gasteiger partial charge in [0.1, 0.15) is 0 Å². The van der Waals surface area contributed by atoms with Crippen molar-refractivity contribution in [1.29, 1.82) is 0 Å². The SMILES string of the molecule is CCCCCN(C)Cc1ccc(C(=O)O)cc1. The lowest BCUT2D eigenvalue weighted by molar-refractivity contribution is 0.0697. The van der Waals surface area contributed by atoms with E-state index in [1.807, 2.05) is 12.1 Å². The molecule has 0 atom stereocenters. The highest BCUT2D eigenvalue weighted by molar-refractivity contribution is 5.87. The van der Waals surface area contributed by atoms with E-state index < -0.39 is 5.97 Å². The molecule has 0 bridgehead atoms. The Hall–Kier alpha value is -1.35. The second kappa shape index (κ2) is 7.07. The van der Waals surface area contributed by atoms with Crippen LogP contribution in [0.2, 0.25) is 0 Å². The summed E-state index contributed by atoms with van der Waals surface area (Å²) in [6.07, 6.45) is 3.73. The highest BCUT2D eigenvalue weighted by atomic mass is 16.4. The Kier molecular flexibility index (Phi) is 5.70. The summed E-state index contributed by atoms with van der Waals surface area (Å²) < 4.78 is 0. The number of hydrogen-bond donors (Lipinski definition) is 1. The molecule has 0 spiro atoms. The van der Waals surface area contributed by atoms with Crippen LogP contribution in [-0.2, 0) is 6.54 Å². The molecule has 3 heteroatoms. The lowest BCUT2D eigenvalue weighted by Gasteiger charge is -2.16. The van der Waals surface area contributed by atoms with Crippen LogP contribution in [0.25, 0.3) is 0 Å². The summed E-state index contributed by atoms with van der Waals surface area (Å²) in [5, 5.41) is 8.79. The zero-order valence-electron chi connectivity index (χ0n) is 10.6. The average Bonchev–Trinajstić information content (AvgIpc) is 2.30. The molecular weight excluding hydrogens is 214 g/mol. The van der Waals surface area contributed by atoms with Gasteiger partial charge in [0.05, 0.1) is 5.56 Å². The second-order valence-electron chi connectivity index (χ2n) is 4.45. The maximum atomic E-state index is 10.7. The molecule has 0 amide bonds. The van der Waals surface area contributed by atoms with E-state index >= 15 is 0 Å². The Morgan fingerprint density at radius 3 is 2.41 bits per heavy atom. The Balaban J connectivity index is 2.43. The summed E-state index contributed by atoms with van der Waals surface area (Å²) in [5.41, 5.74) is 1.51. The molecule has 0 saturated heterocycles. The zero-order chi connectivity index (χ0) is 12.7. The number of nitrogens with zero attached hydrogens (tertiary/aromatic N) is 1. The highest BCUT2D eigenvalue weighted by Crippen LogP contribution is 2.07. The van der Waals surface area contributed by atoms with Gasteiger partial charge >= 0.3 is 5.97 Å². The van der Waals surface area contributed by atoms with Crippen LogP contribution < -0.4 is 0 Å². The van der Waals surface area contributed by atoms with E-state index in [1.165, 1.54) is 19.3 Å². The topological polar surface area (TPSA) is 40.5 Å². The first-order chi connectivity index (χ1) is 8.13. The van der Waals surface area contributed by atoms with Crippen LogP contribution in [0, 0.1) is 0 Å². The van der Waals surface area contributed by atoms with Crippen LogP contribution in [0.1, 0.15) is 42.1 Å². The highest BCUT2D eigenvalue weighted by Gasteiger charge is 2.03. The Labute approximate surface area is 103 Å². The largest absolute Gasteiger partial charge is 0.478 e. The van der Waals surface area contributed by atoms with Gasteiger partial charge in [-0.3, -0.25) is 0 Å². The first-order valence-electron chi connectivity index (χ1n) is 6.14. The van der Waals surface area contributed by atoms with Crippen LogP contribution in [0.4, 0.5) is 0 Å². The summed E-state index contributed by atoms with van der Waals surface area (Å²) in [4.78, 5) is 13.0. The van der Waals surface area contributed by atoms with E-state index in [4.69, 9.17) is 5.11 Å². The molecule has 17 heavy (non-hydrogen) atoms. The first kappa shape index (κ1) is 13.7. The number of benzene rings is 1. The maximum Gasteiger partial charge on any atom is 0.335 e. The van der Waals surface area contributed by atoms with Crippen LogP contribution in [0.5, 0.6) is 0 Å². The van der Waals surface area contributed by atoms with Crippen molar-refractivity contribution in [2.24, 2.45) is 0 Å². The Bertz CT molecular complexity index is 346. The molecule has 1 aromatic rings. The zero-order valence-corrected chi connectivity index (χ0v) is 10.6. The van der Waals surface area contributed by atoms with Gasteiger partial charge in [-0.2, -0.15) is 0 Å². The van der Waals surface area contributed by atoms with E-state index in [0.717, 1.165) is 18.7 Å². The normalized spacial score (nSPS) is 10.8. The maximum absolute atomic E-state index is 10.7. The molecule has 0 unspecified atom stereocenters. The van der Waals surface area contributed by atoms with Gasteiger partial charge in [-0.25, -0.2) is 4.79 Å². The molecule has 94 valence electrons. The molecular formula is C14H21NO2. The van der Waals surface area contributed by atoms with Crippen LogP contribution in [-0.4, -0.2) is 29.6 Å². The van der Waals surface area contributed by atoms with Gasteiger partial charge in [0.25, 0.3) is 0 Å². The van der Waals surface area contributed by atoms with E-state index in [9.17, 15) is 4.79 Å². The summed E-state index contributed by atoms with van der Waals surface area (Å²) >= 11 is 0. The average molecular weight is 235 g/mol. The number of aromatic carboxylic acids is 1. The molecule has 0 fully saturated rings. The lowest BCUT2D eigenvalue weighted by atomic mass is 10.1. The predicted octanol–water partition coefficient (Wildman–Crippen LogP) is 3.01. The monoisotopic (exact) mass is 235 g/mol. The van der Waals surface area contributed by atoms with E-state index in [1.54, 1.807) is 12.1 Å². The molecule has 0 aromatic heterocycles. The third-order valence-electron chi connectivity index (χ3n) is 2.80. The number of unbranched alkanes of at least 4 members (excludes halogenated alkanes) is 2. The summed E-state index contributed by atoms with van der Waals surface area (Å²) in [5.74, 6) is -0.868. The predicted molar refractivity (Wildman–Crippen MR) is 69.3 cm³/mol. The van der Waals surface area contributed by atoms with Crippen molar-refractivity contribution in [2.45, 2.75) is 32.7 Å². The molecule has 3 nitrogen and oxygen atoms in total. The molecule has 1 rings (SSSR count). The van der Waals surface area contributed by atoms with Crippen molar-refractivity contribution in [2.75, 3.05) is 13.6 Å². The van der Waals surface area contributed by atoms with Gasteiger partial charge in [0, 0.05) is 6.54 Å². The second-order valence-corrected chi connectivity index (χ2v) is 4.45. The quantitative estimate of drug-likeness (QED) is 0.738. The van der Waals surface area contributed by atoms with Gasteiger partial charge in [-0.1, -0.05) is 31.9 Å². The number of carbonyl (C=O) groups is 1. The fraction of sp³-hybridized carbons (Fsp3) is 0.500. The molecule has 0 aliphatic heterocycles. The minimum Gasteiger partial charge on any atom is -0.478 e. The standard InChI is InChI=1S/C14H21NO2/c1-3-4-5-10-15(2)11-12-6-8-13(9-7-12)14(16)17/h6-9H,3-5,10-11H2,1-2H3,(H,16,17). The van der Waals surface area contributed by atoms with Crippen molar-refractivity contribution in [3.63, 3.8) is 0 Å².